The Balaban J connectivity index is 0.00000370. The van der Waals surface area contributed by atoms with Crippen molar-refractivity contribution < 1.29 is 219 Å². The number of nitrogens with one attached hydrogen (secondary N) is 4. The molecule has 0 aliphatic heterocycles. The third-order valence-electron chi connectivity index (χ3n) is 12.3. The molecular weight excluding hydrogens is 1240 g/mol. The summed E-state index contributed by atoms with van der Waals surface area (Å²) < 4.78 is 146. The molecular formula is C54H39N4Na5O16S5. The molecule has 0 saturated carbocycles. The summed E-state index contributed by atoms with van der Waals surface area (Å²) in [6, 6.07) is 31.9. The first-order valence-electron chi connectivity index (χ1n) is 23.0. The van der Waals surface area contributed by atoms with Gasteiger partial charge in [-0.1, -0.05) is 66.1 Å². The molecule has 0 fully saturated rings. The van der Waals surface area contributed by atoms with Gasteiger partial charge in [-0.3, -0.25) is 27.6 Å². The second-order valence-corrected chi connectivity index (χ2v) is 24.0. The van der Waals surface area contributed by atoms with Crippen molar-refractivity contribution in [3.05, 3.63) is 190 Å². The van der Waals surface area contributed by atoms with Crippen LogP contribution in [0.5, 0.6) is 0 Å². The van der Waals surface area contributed by atoms with Crippen LogP contribution in [0.4, 0.5) is 22.7 Å². The van der Waals surface area contributed by atoms with Gasteiger partial charge in [0, 0.05) is 72.7 Å². The molecule has 8 rings (SSSR count). The number of hydrogen-bond acceptors (Lipinski definition) is 17. The molecule has 0 atom stereocenters. The van der Waals surface area contributed by atoms with E-state index in [4.69, 9.17) is 12.2 Å². The average Bonchev–Trinajstić information content (AvgIpc) is 1.72. The van der Waals surface area contributed by atoms with Gasteiger partial charge in [0.15, 0.2) is 0 Å². The van der Waals surface area contributed by atoms with Crippen LogP contribution in [0.2, 0.25) is 0 Å². The standard InChI is InChI=1S/C54H43N4O16S5.5Na/c1-29-21-40-46(77(66,67)68)20-18-42(50(40)48(22-29)79(72,73)74)56-54(62)37-16-14-31(3)44(28-37)58-52(60)35-10-5-8-33(24-35)26-38(75)25-32-7-4-9-34(23-32)51(59)57-43-27-36(15-13-30(43)2)53(61)55-41-17-19-45(76(63,64)65)39-11-6-12-47(49(39)41)78(69,70)71;;;;;/h4-5,7-24,27-28H,25-26H2,1-3H3,(H,55,61)(H,56,62)(H,57,59)(H,58,60)(H,63,64,65)(H,66,67,68)(H,69,70,71)(H,72,73,74);;;;;/q-1;5*+1/p-4. The zero-order valence-electron chi connectivity index (χ0n) is 46.2. The largest absolute Gasteiger partial charge is 1.00 e. The molecule has 30 heteroatoms. The summed E-state index contributed by atoms with van der Waals surface area (Å²) in [5, 5.41) is 8.70. The average molecular weight is 1280 g/mol. The van der Waals surface area contributed by atoms with Gasteiger partial charge in [-0.05, 0) is 126 Å². The van der Waals surface area contributed by atoms with Crippen molar-refractivity contribution >= 4 is 125 Å². The first kappa shape index (κ1) is 75.1. The molecule has 0 saturated heterocycles. The SMILES string of the molecule is Cc1cc(S(=O)(=O)[O-])c2c(NC(=O)c3ccc(C)c(NC(=O)c4cccc(CC(=S)Cc5cccc(C(=O)Nc6cc(C(=O)Nc7ccc(S(=O)(=O)[O-])c8c[c-]cc(S(=O)(=O)[O-])c78)ccc6C)c5)c4)c3)ccc(S(=O)(=O)[O-])c2c1.[Na+].[Na+].[Na+].[Na+].[Na+]. The quantitative estimate of drug-likeness (QED) is 0.0302. The van der Waals surface area contributed by atoms with Crippen molar-refractivity contribution in [2.45, 2.75) is 53.2 Å². The van der Waals surface area contributed by atoms with Crippen molar-refractivity contribution in [3.8, 4) is 0 Å². The summed E-state index contributed by atoms with van der Waals surface area (Å²) >= 11 is 5.75. The molecule has 8 aromatic carbocycles. The molecule has 0 aliphatic carbocycles. The van der Waals surface area contributed by atoms with Crippen LogP contribution < -0.4 is 169 Å². The van der Waals surface area contributed by atoms with Crippen molar-refractivity contribution in [3.63, 3.8) is 0 Å². The third-order valence-corrected chi connectivity index (χ3v) is 16.1. The minimum atomic E-state index is -5.26. The molecule has 0 spiro atoms. The minimum Gasteiger partial charge on any atom is -0.754 e. The summed E-state index contributed by atoms with van der Waals surface area (Å²) in [5.74, 6) is -2.80. The zero-order chi connectivity index (χ0) is 57.5. The van der Waals surface area contributed by atoms with Crippen LogP contribution in [0, 0.1) is 26.8 Å². The molecule has 20 nitrogen and oxygen atoms in total. The number of carbonyl (C=O) groups excluding carboxylic acids is 4. The van der Waals surface area contributed by atoms with Crippen molar-refractivity contribution in [2.24, 2.45) is 0 Å². The van der Waals surface area contributed by atoms with Gasteiger partial charge < -0.3 is 39.5 Å². The Bertz CT molecular complexity index is 4440. The van der Waals surface area contributed by atoms with E-state index in [1.54, 1.807) is 62.4 Å². The van der Waals surface area contributed by atoms with Gasteiger partial charge in [-0.2, -0.15) is 18.2 Å². The Hall–Kier alpha value is -3.11. The summed E-state index contributed by atoms with van der Waals surface area (Å²) in [5.41, 5.74) is 2.86. The molecule has 4 amide bonds. The number of hydrogen-bond donors (Lipinski definition) is 4. The fraction of sp³-hybridized carbons (Fsp3) is 0.0926. The molecule has 0 radical (unpaired) electrons. The van der Waals surface area contributed by atoms with Gasteiger partial charge in [0.05, 0.1) is 25.6 Å². The van der Waals surface area contributed by atoms with E-state index in [0.717, 1.165) is 42.5 Å². The van der Waals surface area contributed by atoms with E-state index in [0.29, 0.717) is 27.1 Å². The molecule has 8 aromatic rings. The Morgan fingerprint density at radius 3 is 1.19 bits per heavy atom. The van der Waals surface area contributed by atoms with Crippen LogP contribution in [0.25, 0.3) is 21.5 Å². The zero-order valence-corrected chi connectivity index (χ0v) is 60.3. The number of aryl methyl sites for hydroxylation is 3. The first-order chi connectivity index (χ1) is 37.0. The van der Waals surface area contributed by atoms with Gasteiger partial charge in [-0.25, -0.2) is 25.3 Å². The van der Waals surface area contributed by atoms with Gasteiger partial charge in [-0.15, -0.1) is 5.39 Å². The normalized spacial score (nSPS) is 11.3. The molecule has 406 valence electrons. The van der Waals surface area contributed by atoms with E-state index in [2.05, 4.69) is 27.3 Å². The molecule has 4 N–H and O–H groups in total. The molecule has 0 aromatic heterocycles. The maximum absolute atomic E-state index is 13.7. The van der Waals surface area contributed by atoms with Crippen molar-refractivity contribution in [1.82, 2.24) is 0 Å². The summed E-state index contributed by atoms with van der Waals surface area (Å²) in [4.78, 5) is 51.7. The predicted octanol–water partition coefficient (Wildman–Crippen LogP) is -7.48. The topological polar surface area (TPSA) is 345 Å². The summed E-state index contributed by atoms with van der Waals surface area (Å²) in [6.07, 6.45) is 0.482. The van der Waals surface area contributed by atoms with E-state index in [1.165, 1.54) is 49.4 Å². The fourth-order valence-corrected chi connectivity index (χ4v) is 11.8. The number of amides is 4. The number of carbonyl (C=O) groups is 4. The van der Waals surface area contributed by atoms with E-state index in [1.807, 2.05) is 0 Å². The Morgan fingerprint density at radius 2 is 0.786 bits per heavy atom. The van der Waals surface area contributed by atoms with E-state index in [-0.39, 0.29) is 217 Å². The Morgan fingerprint density at radius 1 is 0.417 bits per heavy atom. The van der Waals surface area contributed by atoms with Crippen LogP contribution in [0.3, 0.4) is 0 Å². The fourth-order valence-electron chi connectivity index (χ4n) is 8.61. The van der Waals surface area contributed by atoms with Crippen LogP contribution >= 0.6 is 12.2 Å². The first-order valence-corrected chi connectivity index (χ1v) is 29.0. The van der Waals surface area contributed by atoms with Gasteiger partial charge >= 0.3 is 148 Å². The number of benzene rings is 8. The maximum Gasteiger partial charge on any atom is 1.00 e. The molecule has 84 heavy (non-hydrogen) atoms. The van der Waals surface area contributed by atoms with Crippen molar-refractivity contribution in [2.75, 3.05) is 21.3 Å². The monoisotopic (exact) mass is 1270 g/mol. The molecule has 0 heterocycles. The Kier molecular flexibility index (Phi) is 27.2. The van der Waals surface area contributed by atoms with Crippen LogP contribution in [-0.4, -0.2) is 80.4 Å². The van der Waals surface area contributed by atoms with Crippen LogP contribution in [0.15, 0.2) is 153 Å². The van der Waals surface area contributed by atoms with Gasteiger partial charge in [0.1, 0.15) is 30.4 Å². The van der Waals surface area contributed by atoms with Gasteiger partial charge in [0.25, 0.3) is 23.6 Å². The summed E-state index contributed by atoms with van der Waals surface area (Å²) in [7, 11) is -20.8. The second kappa shape index (κ2) is 30.4. The second-order valence-electron chi connectivity index (χ2n) is 18.0. The molecule has 0 unspecified atom stereocenters. The third kappa shape index (κ3) is 18.0. The number of rotatable bonds is 16. The van der Waals surface area contributed by atoms with Crippen LogP contribution in [0.1, 0.15) is 69.2 Å². The smallest absolute Gasteiger partial charge is 0.754 e. The number of fused-ring (bicyclic) bond motifs is 2. The number of anilines is 4. The molecule has 0 bridgehead atoms. The van der Waals surface area contributed by atoms with Crippen LogP contribution in [-0.2, 0) is 53.3 Å². The van der Waals surface area contributed by atoms with Crippen molar-refractivity contribution in [1.29, 1.82) is 0 Å². The van der Waals surface area contributed by atoms with E-state index < -0.39 is 99.8 Å². The maximum atomic E-state index is 13.7. The van der Waals surface area contributed by atoms with Gasteiger partial charge in [0.2, 0.25) is 0 Å². The van der Waals surface area contributed by atoms with E-state index in [9.17, 15) is 71.1 Å². The Labute approximate surface area is 600 Å². The minimum absolute atomic E-state index is 0. The summed E-state index contributed by atoms with van der Waals surface area (Å²) in [6.45, 7) is 4.73. The predicted molar refractivity (Wildman–Crippen MR) is 290 cm³/mol. The van der Waals surface area contributed by atoms with E-state index >= 15 is 0 Å². The number of thiocarbonyl (C=S) groups is 1. The molecule has 0 aliphatic rings.